The number of nitrogens with zero attached hydrogens (tertiary/aromatic N) is 1. The molecule has 1 amide bonds. The van der Waals surface area contributed by atoms with Crippen LogP contribution in [0.1, 0.15) is 12.5 Å². The van der Waals surface area contributed by atoms with E-state index in [0.717, 1.165) is 18.7 Å². The zero-order valence-electron chi connectivity index (χ0n) is 11.1. The van der Waals surface area contributed by atoms with Gasteiger partial charge in [0.05, 0.1) is 6.54 Å². The molecule has 0 saturated carbocycles. The van der Waals surface area contributed by atoms with Crippen molar-refractivity contribution < 1.29 is 4.79 Å². The fraction of sp³-hybridized carbons (Fsp3) is 0.500. The van der Waals surface area contributed by atoms with Gasteiger partial charge in [0.25, 0.3) is 0 Å². The largest absolute Gasteiger partial charge is 0.351 e. The molecule has 5 heteroatoms. The molecular formula is C14H20ClN3O. The maximum Gasteiger partial charge on any atom is 0.234 e. The molecule has 0 radical (unpaired) electrons. The summed E-state index contributed by atoms with van der Waals surface area (Å²) in [5.74, 6) is 0.470. The van der Waals surface area contributed by atoms with Crippen LogP contribution in [0.2, 0.25) is 5.02 Å². The number of carbonyl (C=O) groups excluding carboxylic acids is 1. The Bertz CT molecular complexity index is 442. The fourth-order valence-electron chi connectivity index (χ4n) is 2.32. The van der Waals surface area contributed by atoms with Crippen LogP contribution in [-0.4, -0.2) is 36.5 Å². The van der Waals surface area contributed by atoms with Crippen LogP contribution in [0.4, 0.5) is 0 Å². The molecule has 1 aliphatic heterocycles. The Balaban J connectivity index is 1.78. The van der Waals surface area contributed by atoms with E-state index in [1.54, 1.807) is 0 Å². The first-order valence-electron chi connectivity index (χ1n) is 6.54. The third kappa shape index (κ3) is 3.93. The van der Waals surface area contributed by atoms with Gasteiger partial charge < -0.3 is 11.1 Å². The Morgan fingerprint density at radius 1 is 1.47 bits per heavy atom. The molecule has 1 aliphatic rings. The Labute approximate surface area is 118 Å². The number of hydrogen-bond donors (Lipinski definition) is 2. The average Bonchev–Trinajstić information content (AvgIpc) is 2.67. The highest BCUT2D eigenvalue weighted by atomic mass is 35.5. The number of rotatable bonds is 4. The second-order valence-corrected chi connectivity index (χ2v) is 5.61. The summed E-state index contributed by atoms with van der Waals surface area (Å²) in [6.45, 7) is 4.67. The summed E-state index contributed by atoms with van der Waals surface area (Å²) >= 11 is 6.04. The number of nitrogens with one attached hydrogen (secondary N) is 1. The van der Waals surface area contributed by atoms with Crippen molar-refractivity contribution in [2.75, 3.05) is 19.6 Å². The summed E-state index contributed by atoms with van der Waals surface area (Å²) in [7, 11) is 0. The molecular weight excluding hydrogens is 262 g/mol. The molecule has 0 aliphatic carbocycles. The average molecular weight is 282 g/mol. The van der Waals surface area contributed by atoms with E-state index >= 15 is 0 Å². The van der Waals surface area contributed by atoms with Crippen molar-refractivity contribution in [1.82, 2.24) is 10.2 Å². The lowest BCUT2D eigenvalue weighted by Gasteiger charge is -2.15. The highest BCUT2D eigenvalue weighted by Crippen LogP contribution is 2.15. The molecule has 1 saturated heterocycles. The standard InChI is InChI=1S/C14H20ClN3O/c1-10-7-18(8-13(10)16)9-14(19)17-6-11-4-2-3-5-12(11)15/h2-5,10,13H,6-9,16H2,1H3,(H,17,19). The third-order valence-corrected chi connectivity index (χ3v) is 3.92. The van der Waals surface area contributed by atoms with Crippen molar-refractivity contribution in [3.63, 3.8) is 0 Å². The van der Waals surface area contributed by atoms with Gasteiger partial charge in [-0.05, 0) is 17.5 Å². The van der Waals surface area contributed by atoms with E-state index in [1.807, 2.05) is 24.3 Å². The molecule has 4 nitrogen and oxygen atoms in total. The van der Waals surface area contributed by atoms with Crippen molar-refractivity contribution in [2.45, 2.75) is 19.5 Å². The topological polar surface area (TPSA) is 58.4 Å². The molecule has 0 spiro atoms. The van der Waals surface area contributed by atoms with E-state index in [4.69, 9.17) is 17.3 Å². The van der Waals surface area contributed by atoms with Crippen LogP contribution < -0.4 is 11.1 Å². The number of likely N-dealkylation sites (tertiary alicyclic amines) is 1. The van der Waals surface area contributed by atoms with Gasteiger partial charge in [-0.25, -0.2) is 0 Å². The number of hydrogen-bond acceptors (Lipinski definition) is 3. The lowest BCUT2D eigenvalue weighted by molar-refractivity contribution is -0.122. The first-order valence-corrected chi connectivity index (χ1v) is 6.92. The SMILES string of the molecule is CC1CN(CC(=O)NCc2ccccc2Cl)CC1N. The summed E-state index contributed by atoms with van der Waals surface area (Å²) in [5.41, 5.74) is 6.87. The van der Waals surface area contributed by atoms with Crippen LogP contribution in [0.3, 0.4) is 0 Å². The van der Waals surface area contributed by atoms with E-state index in [2.05, 4.69) is 17.1 Å². The van der Waals surface area contributed by atoms with Gasteiger partial charge in [0.2, 0.25) is 5.91 Å². The van der Waals surface area contributed by atoms with Crippen molar-refractivity contribution >= 4 is 17.5 Å². The number of carbonyl (C=O) groups is 1. The van der Waals surface area contributed by atoms with Gasteiger partial charge in [-0.15, -0.1) is 0 Å². The fourth-order valence-corrected chi connectivity index (χ4v) is 2.52. The van der Waals surface area contributed by atoms with Crippen molar-refractivity contribution in [2.24, 2.45) is 11.7 Å². The zero-order chi connectivity index (χ0) is 13.8. The van der Waals surface area contributed by atoms with Crippen LogP contribution in [0, 0.1) is 5.92 Å². The number of benzene rings is 1. The quantitative estimate of drug-likeness (QED) is 0.873. The Morgan fingerprint density at radius 2 is 2.21 bits per heavy atom. The van der Waals surface area contributed by atoms with Gasteiger partial charge in [0.15, 0.2) is 0 Å². The summed E-state index contributed by atoms with van der Waals surface area (Å²) in [5, 5.41) is 3.57. The van der Waals surface area contributed by atoms with E-state index in [-0.39, 0.29) is 11.9 Å². The Kier molecular flexibility index (Phi) is 4.80. The first-order chi connectivity index (χ1) is 9.06. The van der Waals surface area contributed by atoms with E-state index in [0.29, 0.717) is 24.0 Å². The van der Waals surface area contributed by atoms with Gasteiger partial charge >= 0.3 is 0 Å². The zero-order valence-corrected chi connectivity index (χ0v) is 11.9. The van der Waals surface area contributed by atoms with Gasteiger partial charge in [-0.3, -0.25) is 9.69 Å². The van der Waals surface area contributed by atoms with Crippen LogP contribution >= 0.6 is 11.6 Å². The lowest BCUT2D eigenvalue weighted by Crippen LogP contribution is -2.37. The molecule has 0 aromatic heterocycles. The molecule has 1 aromatic rings. The molecule has 2 rings (SSSR count). The van der Waals surface area contributed by atoms with E-state index in [9.17, 15) is 4.79 Å². The van der Waals surface area contributed by atoms with E-state index < -0.39 is 0 Å². The van der Waals surface area contributed by atoms with Gasteiger partial charge in [0.1, 0.15) is 0 Å². The minimum Gasteiger partial charge on any atom is -0.351 e. The van der Waals surface area contributed by atoms with E-state index in [1.165, 1.54) is 0 Å². The third-order valence-electron chi connectivity index (χ3n) is 3.55. The molecule has 0 bridgehead atoms. The van der Waals surface area contributed by atoms with Crippen LogP contribution in [0.5, 0.6) is 0 Å². The molecule has 1 fully saturated rings. The molecule has 1 heterocycles. The summed E-state index contributed by atoms with van der Waals surface area (Å²) in [6, 6.07) is 7.70. The lowest BCUT2D eigenvalue weighted by atomic mass is 10.1. The molecule has 19 heavy (non-hydrogen) atoms. The predicted molar refractivity (Wildman–Crippen MR) is 76.9 cm³/mol. The first kappa shape index (κ1) is 14.3. The second-order valence-electron chi connectivity index (χ2n) is 5.20. The minimum absolute atomic E-state index is 0.0150. The second kappa shape index (κ2) is 6.37. The maximum absolute atomic E-state index is 11.9. The van der Waals surface area contributed by atoms with Gasteiger partial charge in [-0.1, -0.05) is 36.7 Å². The molecule has 1 aromatic carbocycles. The normalized spacial score (nSPS) is 23.5. The van der Waals surface area contributed by atoms with Crippen molar-refractivity contribution in [3.05, 3.63) is 34.9 Å². The molecule has 3 N–H and O–H groups in total. The maximum atomic E-state index is 11.9. The number of halogens is 1. The minimum atomic E-state index is 0.0150. The Hall–Kier alpha value is -1.10. The number of nitrogens with two attached hydrogens (primary N) is 1. The van der Waals surface area contributed by atoms with Crippen LogP contribution in [-0.2, 0) is 11.3 Å². The molecule has 2 unspecified atom stereocenters. The smallest absolute Gasteiger partial charge is 0.234 e. The highest BCUT2D eigenvalue weighted by molar-refractivity contribution is 6.31. The van der Waals surface area contributed by atoms with Gasteiger partial charge in [-0.2, -0.15) is 0 Å². The Morgan fingerprint density at radius 3 is 2.84 bits per heavy atom. The summed E-state index contributed by atoms with van der Waals surface area (Å²) in [4.78, 5) is 14.0. The summed E-state index contributed by atoms with van der Waals surface area (Å²) < 4.78 is 0. The molecule has 104 valence electrons. The molecule has 2 atom stereocenters. The van der Waals surface area contributed by atoms with Crippen LogP contribution in [0.25, 0.3) is 0 Å². The van der Waals surface area contributed by atoms with Crippen molar-refractivity contribution in [1.29, 1.82) is 0 Å². The highest BCUT2D eigenvalue weighted by Gasteiger charge is 2.27. The van der Waals surface area contributed by atoms with Crippen LogP contribution in [0.15, 0.2) is 24.3 Å². The monoisotopic (exact) mass is 281 g/mol. The predicted octanol–water partition coefficient (Wildman–Crippen LogP) is 1.24. The number of amides is 1. The van der Waals surface area contributed by atoms with Crippen molar-refractivity contribution in [3.8, 4) is 0 Å². The van der Waals surface area contributed by atoms with Gasteiger partial charge in [0, 0.05) is 30.7 Å². The summed E-state index contributed by atoms with van der Waals surface area (Å²) in [6.07, 6.45) is 0.